The molecular formula is C20H16ClFNO4+. The van der Waals surface area contributed by atoms with Crippen LogP contribution in [0.4, 0.5) is 10.1 Å². The number of aromatic hydroxyl groups is 1. The standard InChI is InChI=1S/C20H15ClFNO4/c1-27-18-6-5-14(7-12-8-16(23(25)26)11-17(24)9-12)20(22)19(18)13-3-2-4-15(21)10-13/h2-6,8-11H,7H2,1H3,(H-,24,25,26)/p+1. The van der Waals surface area contributed by atoms with E-state index in [1.807, 2.05) is 0 Å². The van der Waals surface area contributed by atoms with Crippen LogP contribution >= 0.6 is 11.6 Å². The summed E-state index contributed by atoms with van der Waals surface area (Å²) < 4.78 is 20.6. The van der Waals surface area contributed by atoms with Gasteiger partial charge in [0.05, 0.1) is 23.6 Å². The number of phenolic OH excluding ortho intramolecular Hbond substituents is 1. The number of halogens is 2. The monoisotopic (exact) mass is 388 g/mol. The number of hydrogen-bond acceptors (Lipinski definition) is 3. The molecule has 2 N–H and O–H groups in total. The quantitative estimate of drug-likeness (QED) is 0.585. The third-order valence-corrected chi connectivity index (χ3v) is 4.33. The van der Waals surface area contributed by atoms with Gasteiger partial charge in [-0.05, 0) is 41.0 Å². The van der Waals surface area contributed by atoms with Crippen LogP contribution < -0.4 is 4.74 Å². The van der Waals surface area contributed by atoms with E-state index in [0.717, 1.165) is 6.07 Å². The first-order chi connectivity index (χ1) is 12.9. The Morgan fingerprint density at radius 3 is 2.59 bits per heavy atom. The third-order valence-electron chi connectivity index (χ3n) is 4.09. The minimum atomic E-state index is -0.496. The van der Waals surface area contributed by atoms with Crippen molar-refractivity contribution < 1.29 is 24.4 Å². The normalized spacial score (nSPS) is 10.6. The molecule has 5 nitrogen and oxygen atoms in total. The van der Waals surface area contributed by atoms with Crippen molar-refractivity contribution in [2.75, 3.05) is 7.11 Å². The van der Waals surface area contributed by atoms with Gasteiger partial charge in [-0.15, -0.1) is 0 Å². The van der Waals surface area contributed by atoms with E-state index in [4.69, 9.17) is 21.5 Å². The number of benzene rings is 3. The first-order valence-corrected chi connectivity index (χ1v) is 8.37. The van der Waals surface area contributed by atoms with Crippen LogP contribution in [0.5, 0.6) is 11.5 Å². The van der Waals surface area contributed by atoms with E-state index in [1.54, 1.807) is 36.4 Å². The van der Waals surface area contributed by atoms with Gasteiger partial charge >= 0.3 is 5.69 Å². The van der Waals surface area contributed by atoms with Gasteiger partial charge in [0.15, 0.2) is 0 Å². The zero-order valence-corrected chi connectivity index (χ0v) is 15.1. The van der Waals surface area contributed by atoms with Gasteiger partial charge in [0.2, 0.25) is 0 Å². The fraction of sp³-hybridized carbons (Fsp3) is 0.100. The van der Waals surface area contributed by atoms with Crippen molar-refractivity contribution in [2.24, 2.45) is 0 Å². The molecule has 0 aromatic heterocycles. The number of methoxy groups -OCH3 is 1. The maximum Gasteiger partial charge on any atom is 0.320 e. The molecule has 0 saturated carbocycles. The van der Waals surface area contributed by atoms with Crippen molar-refractivity contribution in [1.29, 1.82) is 0 Å². The lowest BCUT2D eigenvalue weighted by atomic mass is 9.97. The second-order valence-corrected chi connectivity index (χ2v) is 6.37. The summed E-state index contributed by atoms with van der Waals surface area (Å²) in [6.45, 7) is 0. The average Bonchev–Trinajstić information content (AvgIpc) is 2.62. The number of rotatable bonds is 5. The van der Waals surface area contributed by atoms with E-state index >= 15 is 4.39 Å². The van der Waals surface area contributed by atoms with Crippen molar-refractivity contribution in [1.82, 2.24) is 0 Å². The van der Waals surface area contributed by atoms with Gasteiger partial charge in [0, 0.05) is 17.5 Å². The number of hydrogen-bond donors (Lipinski definition) is 2. The Morgan fingerprint density at radius 2 is 1.93 bits per heavy atom. The van der Waals surface area contributed by atoms with Crippen molar-refractivity contribution in [3.63, 3.8) is 0 Å². The fourth-order valence-corrected chi connectivity index (χ4v) is 3.10. The molecule has 0 aliphatic heterocycles. The fourth-order valence-electron chi connectivity index (χ4n) is 2.91. The highest BCUT2D eigenvalue weighted by molar-refractivity contribution is 6.30. The SMILES string of the molecule is COc1ccc(Cc2cc(O)cc([N+](=O)O)c2)c(F)c1-c1cccc(Cl)c1. The Labute approximate surface area is 159 Å². The van der Waals surface area contributed by atoms with Gasteiger partial charge < -0.3 is 9.84 Å². The first kappa shape index (κ1) is 18.7. The van der Waals surface area contributed by atoms with Crippen LogP contribution in [-0.4, -0.2) is 22.3 Å². The van der Waals surface area contributed by atoms with E-state index in [-0.39, 0.29) is 28.3 Å². The van der Waals surface area contributed by atoms with Crippen LogP contribution in [0.1, 0.15) is 11.1 Å². The van der Waals surface area contributed by atoms with Crippen LogP contribution in [0.25, 0.3) is 11.1 Å². The van der Waals surface area contributed by atoms with Crippen LogP contribution in [0.3, 0.4) is 0 Å². The molecule has 3 aromatic carbocycles. The Morgan fingerprint density at radius 1 is 1.15 bits per heavy atom. The van der Waals surface area contributed by atoms with Crippen LogP contribution in [0.2, 0.25) is 5.02 Å². The topological polar surface area (TPSA) is 69.8 Å². The van der Waals surface area contributed by atoms with Gasteiger partial charge in [0.25, 0.3) is 4.92 Å². The predicted molar refractivity (Wildman–Crippen MR) is 99.4 cm³/mol. The zero-order chi connectivity index (χ0) is 19.6. The minimum absolute atomic E-state index is 0.0959. The maximum atomic E-state index is 15.3. The van der Waals surface area contributed by atoms with E-state index in [9.17, 15) is 10.0 Å². The molecule has 3 rings (SSSR count). The molecular weight excluding hydrogens is 373 g/mol. The minimum Gasteiger partial charge on any atom is -0.508 e. The second-order valence-electron chi connectivity index (χ2n) is 5.93. The summed E-state index contributed by atoms with van der Waals surface area (Å²) in [5.41, 5.74) is 1.48. The number of nitrogens with zero attached hydrogens (tertiary/aromatic N) is 1. The Balaban J connectivity index is 2.08. The van der Waals surface area contributed by atoms with Crippen molar-refractivity contribution in [3.8, 4) is 22.6 Å². The molecule has 0 spiro atoms. The maximum absolute atomic E-state index is 15.3. The second kappa shape index (κ2) is 7.63. The van der Waals surface area contributed by atoms with Gasteiger partial charge in [-0.3, -0.25) is 0 Å². The molecule has 0 radical (unpaired) electrons. The smallest absolute Gasteiger partial charge is 0.320 e. The lowest BCUT2D eigenvalue weighted by Gasteiger charge is -2.14. The van der Waals surface area contributed by atoms with Crippen molar-refractivity contribution in [2.45, 2.75) is 6.42 Å². The molecule has 0 atom stereocenters. The predicted octanol–water partition coefficient (Wildman–Crippen LogP) is 5.25. The summed E-state index contributed by atoms with van der Waals surface area (Å²) in [6.07, 6.45) is 0.0959. The highest BCUT2D eigenvalue weighted by Gasteiger charge is 2.19. The summed E-state index contributed by atoms with van der Waals surface area (Å²) in [5, 5.41) is 19.2. The molecule has 27 heavy (non-hydrogen) atoms. The van der Waals surface area contributed by atoms with E-state index in [0.29, 0.717) is 27.5 Å². The first-order valence-electron chi connectivity index (χ1n) is 7.99. The molecule has 0 unspecified atom stereocenters. The molecule has 0 heterocycles. The Hall–Kier alpha value is -3.12. The number of phenols is 1. The molecule has 0 amide bonds. The molecule has 0 saturated heterocycles. The summed E-state index contributed by atoms with van der Waals surface area (Å²) in [6, 6.07) is 13.9. The van der Waals surface area contributed by atoms with E-state index in [2.05, 4.69) is 0 Å². The highest BCUT2D eigenvalue weighted by atomic mass is 35.5. The zero-order valence-electron chi connectivity index (χ0n) is 14.3. The van der Waals surface area contributed by atoms with Gasteiger partial charge in [-0.2, -0.15) is 0 Å². The Kier molecular flexibility index (Phi) is 5.28. The van der Waals surface area contributed by atoms with Crippen LogP contribution in [0.15, 0.2) is 54.6 Å². The molecule has 7 heteroatoms. The van der Waals surface area contributed by atoms with Crippen LogP contribution in [-0.2, 0) is 6.42 Å². The Bertz CT molecular complexity index is 1020. The van der Waals surface area contributed by atoms with Crippen molar-refractivity contribution in [3.05, 3.63) is 81.5 Å². The summed E-state index contributed by atoms with van der Waals surface area (Å²) >= 11 is 6.03. The lowest BCUT2D eigenvalue weighted by molar-refractivity contribution is -0.729. The number of ether oxygens (including phenoxy) is 1. The largest absolute Gasteiger partial charge is 0.508 e. The van der Waals surface area contributed by atoms with Gasteiger partial charge in [-0.1, -0.05) is 29.8 Å². The summed E-state index contributed by atoms with van der Waals surface area (Å²) in [7, 11) is 1.45. The van der Waals surface area contributed by atoms with E-state index < -0.39 is 5.82 Å². The highest BCUT2D eigenvalue weighted by Crippen LogP contribution is 2.36. The van der Waals surface area contributed by atoms with Gasteiger partial charge in [-0.25, -0.2) is 9.60 Å². The summed E-state index contributed by atoms with van der Waals surface area (Å²) in [5.74, 6) is -0.345. The molecule has 0 bridgehead atoms. The summed E-state index contributed by atoms with van der Waals surface area (Å²) in [4.78, 5) is 10.7. The third kappa shape index (κ3) is 4.01. The molecule has 138 valence electrons. The molecule has 0 fully saturated rings. The lowest BCUT2D eigenvalue weighted by Crippen LogP contribution is -2.00. The van der Waals surface area contributed by atoms with Crippen molar-refractivity contribution >= 4 is 17.3 Å². The molecule has 0 aliphatic rings. The molecule has 3 aromatic rings. The van der Waals surface area contributed by atoms with E-state index in [1.165, 1.54) is 19.2 Å². The molecule has 0 aliphatic carbocycles. The van der Waals surface area contributed by atoms with Gasteiger partial charge in [0.1, 0.15) is 17.3 Å². The average molecular weight is 389 g/mol. The van der Waals surface area contributed by atoms with Crippen LogP contribution in [0, 0.1) is 10.7 Å².